The molecular weight excluding hydrogens is 245 g/mol. The summed E-state index contributed by atoms with van der Waals surface area (Å²) >= 11 is 0. The molecular formula is C14H12FN3O. The van der Waals surface area contributed by atoms with Crippen LogP contribution in [0, 0.1) is 5.82 Å². The second-order valence-corrected chi connectivity index (χ2v) is 4.19. The minimum atomic E-state index is -0.272. The smallest absolute Gasteiger partial charge is 0.211 e. The summed E-state index contributed by atoms with van der Waals surface area (Å²) in [5.74, 6) is 0.312. The molecule has 0 saturated carbocycles. The van der Waals surface area contributed by atoms with E-state index in [4.69, 9.17) is 4.42 Å². The van der Waals surface area contributed by atoms with E-state index < -0.39 is 0 Å². The largest absolute Gasteiger partial charge is 0.438 e. The lowest BCUT2D eigenvalue weighted by molar-refractivity contribution is 0.511. The first-order valence-corrected chi connectivity index (χ1v) is 5.92. The topological polar surface area (TPSA) is 51.0 Å². The van der Waals surface area contributed by atoms with Crippen molar-refractivity contribution in [2.24, 2.45) is 0 Å². The number of nitrogens with one attached hydrogen (secondary N) is 1. The Balaban J connectivity index is 2.05. The lowest BCUT2D eigenvalue weighted by Gasteiger charge is -2.00. The van der Waals surface area contributed by atoms with Gasteiger partial charge in [-0.15, -0.1) is 0 Å². The molecule has 0 spiro atoms. The SMILES string of the molecule is CNCc1nc2ncc(-c3cccc(F)c3)cc2o1. The van der Waals surface area contributed by atoms with Gasteiger partial charge in [-0.3, -0.25) is 0 Å². The van der Waals surface area contributed by atoms with Gasteiger partial charge in [-0.05, 0) is 30.8 Å². The molecule has 2 heterocycles. The van der Waals surface area contributed by atoms with Crippen LogP contribution in [-0.4, -0.2) is 17.0 Å². The van der Waals surface area contributed by atoms with Crippen molar-refractivity contribution in [3.63, 3.8) is 0 Å². The van der Waals surface area contributed by atoms with E-state index in [0.29, 0.717) is 23.7 Å². The van der Waals surface area contributed by atoms with Crippen LogP contribution in [0.5, 0.6) is 0 Å². The van der Waals surface area contributed by atoms with Gasteiger partial charge in [0.15, 0.2) is 11.2 Å². The van der Waals surface area contributed by atoms with Crippen LogP contribution in [0.3, 0.4) is 0 Å². The van der Waals surface area contributed by atoms with E-state index in [1.165, 1.54) is 12.1 Å². The minimum Gasteiger partial charge on any atom is -0.438 e. The zero-order chi connectivity index (χ0) is 13.2. The Kier molecular flexibility index (Phi) is 2.97. The van der Waals surface area contributed by atoms with Crippen LogP contribution >= 0.6 is 0 Å². The molecule has 3 aromatic rings. The second kappa shape index (κ2) is 4.78. The number of halogens is 1. The van der Waals surface area contributed by atoms with Crippen molar-refractivity contribution in [3.05, 3.63) is 48.2 Å². The van der Waals surface area contributed by atoms with Gasteiger partial charge < -0.3 is 9.73 Å². The number of fused-ring (bicyclic) bond motifs is 1. The van der Waals surface area contributed by atoms with Gasteiger partial charge in [-0.1, -0.05) is 12.1 Å². The lowest BCUT2D eigenvalue weighted by Crippen LogP contribution is -2.04. The Morgan fingerprint density at radius 2 is 2.16 bits per heavy atom. The maximum atomic E-state index is 13.2. The van der Waals surface area contributed by atoms with Gasteiger partial charge >= 0.3 is 0 Å². The number of hydrogen-bond acceptors (Lipinski definition) is 4. The molecule has 3 rings (SSSR count). The van der Waals surface area contributed by atoms with E-state index in [0.717, 1.165) is 11.1 Å². The highest BCUT2D eigenvalue weighted by atomic mass is 19.1. The predicted molar refractivity (Wildman–Crippen MR) is 70.0 cm³/mol. The number of oxazole rings is 1. The molecule has 19 heavy (non-hydrogen) atoms. The standard InChI is InChI=1S/C14H12FN3O/c1-16-8-13-18-14-12(19-13)6-10(7-17-14)9-3-2-4-11(15)5-9/h2-7,16H,8H2,1H3. The van der Waals surface area contributed by atoms with E-state index in [-0.39, 0.29) is 5.82 Å². The van der Waals surface area contributed by atoms with Crippen molar-refractivity contribution in [1.82, 2.24) is 15.3 Å². The average Bonchev–Trinajstić information content (AvgIpc) is 2.80. The Morgan fingerprint density at radius 1 is 1.26 bits per heavy atom. The van der Waals surface area contributed by atoms with Crippen molar-refractivity contribution in [1.29, 1.82) is 0 Å². The number of benzene rings is 1. The average molecular weight is 257 g/mol. The van der Waals surface area contributed by atoms with Crippen LogP contribution < -0.4 is 5.32 Å². The molecule has 0 aliphatic rings. The summed E-state index contributed by atoms with van der Waals surface area (Å²) in [4.78, 5) is 8.48. The molecule has 0 aliphatic carbocycles. The van der Waals surface area contributed by atoms with Crippen molar-refractivity contribution in [2.45, 2.75) is 6.54 Å². The van der Waals surface area contributed by atoms with Crippen molar-refractivity contribution in [3.8, 4) is 11.1 Å². The highest BCUT2D eigenvalue weighted by Gasteiger charge is 2.08. The predicted octanol–water partition coefficient (Wildman–Crippen LogP) is 2.75. The number of rotatable bonds is 3. The van der Waals surface area contributed by atoms with Crippen LogP contribution in [0.15, 0.2) is 40.9 Å². The lowest BCUT2D eigenvalue weighted by atomic mass is 10.1. The Labute approximate surface area is 109 Å². The Hall–Kier alpha value is -2.27. The number of hydrogen-bond donors (Lipinski definition) is 1. The molecule has 96 valence electrons. The van der Waals surface area contributed by atoms with Gasteiger partial charge in [0.1, 0.15) is 5.82 Å². The van der Waals surface area contributed by atoms with Gasteiger partial charge in [-0.25, -0.2) is 9.37 Å². The van der Waals surface area contributed by atoms with Crippen molar-refractivity contribution < 1.29 is 8.81 Å². The highest BCUT2D eigenvalue weighted by Crippen LogP contribution is 2.23. The third-order valence-electron chi connectivity index (χ3n) is 2.78. The number of pyridine rings is 1. The first-order valence-electron chi connectivity index (χ1n) is 5.92. The molecule has 0 saturated heterocycles. The summed E-state index contributed by atoms with van der Waals surface area (Å²) < 4.78 is 18.8. The fraction of sp³-hybridized carbons (Fsp3) is 0.143. The Bertz CT molecular complexity index is 724. The molecule has 0 unspecified atom stereocenters. The zero-order valence-corrected chi connectivity index (χ0v) is 10.4. The fourth-order valence-corrected chi connectivity index (χ4v) is 1.92. The van der Waals surface area contributed by atoms with Gasteiger partial charge in [0, 0.05) is 11.8 Å². The van der Waals surface area contributed by atoms with Crippen LogP contribution in [0.25, 0.3) is 22.4 Å². The molecule has 4 nitrogen and oxygen atoms in total. The van der Waals surface area contributed by atoms with Crippen LogP contribution in [0.4, 0.5) is 4.39 Å². The first kappa shape index (κ1) is 11.8. The van der Waals surface area contributed by atoms with Crippen LogP contribution in [-0.2, 0) is 6.54 Å². The quantitative estimate of drug-likeness (QED) is 0.783. The van der Waals surface area contributed by atoms with Crippen molar-refractivity contribution >= 4 is 11.2 Å². The number of nitrogens with zero attached hydrogens (tertiary/aromatic N) is 2. The summed E-state index contributed by atoms with van der Waals surface area (Å²) in [6.45, 7) is 0.547. The molecule has 0 amide bonds. The molecule has 1 N–H and O–H groups in total. The van der Waals surface area contributed by atoms with Gasteiger partial charge in [0.05, 0.1) is 6.54 Å². The summed E-state index contributed by atoms with van der Waals surface area (Å²) in [7, 11) is 1.82. The van der Waals surface area contributed by atoms with E-state index in [2.05, 4.69) is 15.3 Å². The maximum absolute atomic E-state index is 13.2. The molecule has 5 heteroatoms. The van der Waals surface area contributed by atoms with Gasteiger partial charge in [-0.2, -0.15) is 4.98 Å². The molecule has 0 atom stereocenters. The van der Waals surface area contributed by atoms with Gasteiger partial charge in [0.2, 0.25) is 5.89 Å². The third-order valence-corrected chi connectivity index (χ3v) is 2.78. The second-order valence-electron chi connectivity index (χ2n) is 4.19. The molecule has 0 fully saturated rings. The summed E-state index contributed by atoms with van der Waals surface area (Å²) in [6.07, 6.45) is 1.67. The molecule has 1 aromatic carbocycles. The Morgan fingerprint density at radius 3 is 2.95 bits per heavy atom. The van der Waals surface area contributed by atoms with Crippen LogP contribution in [0.2, 0.25) is 0 Å². The van der Waals surface area contributed by atoms with Crippen LogP contribution in [0.1, 0.15) is 5.89 Å². The highest BCUT2D eigenvalue weighted by molar-refractivity contribution is 5.76. The monoisotopic (exact) mass is 257 g/mol. The zero-order valence-electron chi connectivity index (χ0n) is 10.4. The first-order chi connectivity index (χ1) is 9.26. The summed E-state index contributed by atoms with van der Waals surface area (Å²) in [6, 6.07) is 8.20. The molecule has 0 aliphatic heterocycles. The maximum Gasteiger partial charge on any atom is 0.211 e. The van der Waals surface area contributed by atoms with Crippen molar-refractivity contribution in [2.75, 3.05) is 7.05 Å². The normalized spacial score (nSPS) is 11.1. The minimum absolute atomic E-state index is 0.272. The summed E-state index contributed by atoms with van der Waals surface area (Å²) in [5.41, 5.74) is 2.73. The number of aromatic nitrogens is 2. The van der Waals surface area contributed by atoms with E-state index in [1.807, 2.05) is 19.2 Å². The molecule has 2 aromatic heterocycles. The van der Waals surface area contributed by atoms with Gasteiger partial charge in [0.25, 0.3) is 0 Å². The van der Waals surface area contributed by atoms with E-state index in [9.17, 15) is 4.39 Å². The van der Waals surface area contributed by atoms with E-state index >= 15 is 0 Å². The summed E-state index contributed by atoms with van der Waals surface area (Å²) in [5, 5.41) is 2.97. The molecule has 0 bridgehead atoms. The fourth-order valence-electron chi connectivity index (χ4n) is 1.92. The van der Waals surface area contributed by atoms with E-state index in [1.54, 1.807) is 12.3 Å². The molecule has 0 radical (unpaired) electrons. The third kappa shape index (κ3) is 2.32.